The third kappa shape index (κ3) is 6.74. The third-order valence-electron chi connectivity index (χ3n) is 5.83. The first-order valence-corrected chi connectivity index (χ1v) is 11.5. The van der Waals surface area contributed by atoms with E-state index in [0.717, 1.165) is 49.5 Å². The van der Waals surface area contributed by atoms with Crippen LogP contribution in [0, 0.1) is 0 Å². The molecule has 1 saturated heterocycles. The van der Waals surface area contributed by atoms with E-state index in [-0.39, 0.29) is 24.5 Å². The normalized spacial score (nSPS) is 13.7. The highest BCUT2D eigenvalue weighted by Crippen LogP contribution is 2.21. The molecule has 3 rings (SSSR count). The molecule has 1 aliphatic heterocycles. The summed E-state index contributed by atoms with van der Waals surface area (Å²) in [6.07, 6.45) is 3.83. The Morgan fingerprint density at radius 3 is 2.12 bits per heavy atom. The average Bonchev–Trinajstić information content (AvgIpc) is 2.85. The van der Waals surface area contributed by atoms with Crippen LogP contribution in [0.15, 0.2) is 48.5 Å². The standard InChI is InChI=1S/C26H34N2O4/c1-3-4-5-20-32-24-10-6-21(7-11-24)25(29)14-15-26(30)28-18-16-27(17-19-28)22-8-12-23(31-2)13-9-22/h6-13H,3-5,14-20H2,1-2H3. The van der Waals surface area contributed by atoms with Crippen molar-refractivity contribution >= 4 is 17.4 Å². The highest BCUT2D eigenvalue weighted by atomic mass is 16.5. The molecule has 0 bridgehead atoms. The van der Waals surface area contributed by atoms with Crippen LogP contribution < -0.4 is 14.4 Å². The van der Waals surface area contributed by atoms with Crippen molar-refractivity contribution in [3.8, 4) is 11.5 Å². The minimum atomic E-state index is -0.00671. The number of Topliss-reactive ketones (excluding diaryl/α,β-unsaturated/α-hetero) is 1. The zero-order chi connectivity index (χ0) is 22.8. The molecule has 0 atom stereocenters. The van der Waals surface area contributed by atoms with Crippen molar-refractivity contribution in [2.75, 3.05) is 44.8 Å². The van der Waals surface area contributed by atoms with E-state index in [1.807, 2.05) is 41.3 Å². The number of carbonyl (C=O) groups excluding carboxylic acids is 2. The van der Waals surface area contributed by atoms with Gasteiger partial charge in [-0.05, 0) is 55.0 Å². The maximum absolute atomic E-state index is 12.6. The van der Waals surface area contributed by atoms with Crippen molar-refractivity contribution in [3.05, 3.63) is 54.1 Å². The molecule has 2 aromatic rings. The van der Waals surface area contributed by atoms with Gasteiger partial charge in [0, 0.05) is 50.3 Å². The number of nitrogens with zero attached hydrogens (tertiary/aromatic N) is 2. The van der Waals surface area contributed by atoms with Crippen LogP contribution >= 0.6 is 0 Å². The van der Waals surface area contributed by atoms with E-state index in [2.05, 4.69) is 11.8 Å². The molecule has 0 N–H and O–H groups in total. The minimum Gasteiger partial charge on any atom is -0.497 e. The lowest BCUT2D eigenvalue weighted by Crippen LogP contribution is -2.48. The summed E-state index contributed by atoms with van der Waals surface area (Å²) < 4.78 is 10.9. The Labute approximate surface area is 191 Å². The van der Waals surface area contributed by atoms with E-state index >= 15 is 0 Å². The van der Waals surface area contributed by atoms with Crippen molar-refractivity contribution in [3.63, 3.8) is 0 Å². The van der Waals surface area contributed by atoms with Gasteiger partial charge in [-0.2, -0.15) is 0 Å². The number of methoxy groups -OCH3 is 1. The van der Waals surface area contributed by atoms with Gasteiger partial charge < -0.3 is 19.3 Å². The van der Waals surface area contributed by atoms with Crippen LogP contribution in [0.3, 0.4) is 0 Å². The summed E-state index contributed by atoms with van der Waals surface area (Å²) in [7, 11) is 1.66. The smallest absolute Gasteiger partial charge is 0.223 e. The Hall–Kier alpha value is -3.02. The van der Waals surface area contributed by atoms with Crippen LogP contribution in [0.1, 0.15) is 49.4 Å². The topological polar surface area (TPSA) is 59.1 Å². The number of ketones is 1. The van der Waals surface area contributed by atoms with Gasteiger partial charge in [0.05, 0.1) is 13.7 Å². The number of ether oxygens (including phenoxy) is 2. The van der Waals surface area contributed by atoms with E-state index < -0.39 is 0 Å². The van der Waals surface area contributed by atoms with E-state index in [9.17, 15) is 9.59 Å². The first-order valence-electron chi connectivity index (χ1n) is 11.5. The maximum atomic E-state index is 12.6. The first-order chi connectivity index (χ1) is 15.6. The summed E-state index contributed by atoms with van der Waals surface area (Å²) in [5.41, 5.74) is 1.76. The first kappa shape index (κ1) is 23.6. The molecule has 1 heterocycles. The van der Waals surface area contributed by atoms with Crippen molar-refractivity contribution in [1.29, 1.82) is 0 Å². The van der Waals surface area contributed by atoms with Gasteiger partial charge in [0.25, 0.3) is 0 Å². The average molecular weight is 439 g/mol. The molecular weight excluding hydrogens is 404 g/mol. The Kier molecular flexibility index (Phi) is 8.96. The van der Waals surface area contributed by atoms with Crippen LogP contribution in [-0.2, 0) is 4.79 Å². The zero-order valence-electron chi connectivity index (χ0n) is 19.2. The van der Waals surface area contributed by atoms with Crippen LogP contribution in [0.25, 0.3) is 0 Å². The van der Waals surface area contributed by atoms with Crippen LogP contribution in [0.4, 0.5) is 5.69 Å². The number of benzene rings is 2. The predicted octanol–water partition coefficient (Wildman–Crippen LogP) is 4.58. The highest BCUT2D eigenvalue weighted by molar-refractivity contribution is 5.98. The largest absolute Gasteiger partial charge is 0.497 e. The monoisotopic (exact) mass is 438 g/mol. The van der Waals surface area contributed by atoms with E-state index in [0.29, 0.717) is 25.3 Å². The lowest BCUT2D eigenvalue weighted by Gasteiger charge is -2.36. The summed E-state index contributed by atoms with van der Waals surface area (Å²) in [6, 6.07) is 15.2. The molecule has 0 spiro atoms. The number of anilines is 1. The quantitative estimate of drug-likeness (QED) is 0.380. The second kappa shape index (κ2) is 12.1. The molecule has 0 unspecified atom stereocenters. The van der Waals surface area contributed by atoms with Gasteiger partial charge in [-0.15, -0.1) is 0 Å². The molecule has 172 valence electrons. The molecule has 1 amide bonds. The van der Waals surface area contributed by atoms with Crippen LogP contribution in [0.5, 0.6) is 11.5 Å². The predicted molar refractivity (Wildman–Crippen MR) is 127 cm³/mol. The third-order valence-corrected chi connectivity index (χ3v) is 5.83. The second-order valence-corrected chi connectivity index (χ2v) is 8.07. The Bertz CT molecular complexity index is 856. The van der Waals surface area contributed by atoms with Crippen molar-refractivity contribution < 1.29 is 19.1 Å². The molecule has 0 radical (unpaired) electrons. The molecule has 0 aromatic heterocycles. The molecule has 2 aromatic carbocycles. The number of rotatable bonds is 11. The lowest BCUT2D eigenvalue weighted by molar-refractivity contribution is -0.131. The van der Waals surface area contributed by atoms with Gasteiger partial charge in [-0.3, -0.25) is 9.59 Å². The van der Waals surface area contributed by atoms with E-state index in [1.165, 1.54) is 0 Å². The SMILES string of the molecule is CCCCCOc1ccc(C(=O)CCC(=O)N2CCN(c3ccc(OC)cc3)CC2)cc1. The molecular formula is C26H34N2O4. The van der Waals surface area contributed by atoms with Gasteiger partial charge in [0.15, 0.2) is 5.78 Å². The number of hydrogen-bond donors (Lipinski definition) is 0. The summed E-state index contributed by atoms with van der Waals surface area (Å²) in [6.45, 7) is 5.76. The van der Waals surface area contributed by atoms with Crippen LogP contribution in [0.2, 0.25) is 0 Å². The molecule has 6 heteroatoms. The molecule has 1 aliphatic rings. The van der Waals surface area contributed by atoms with Gasteiger partial charge in [-0.1, -0.05) is 19.8 Å². The van der Waals surface area contributed by atoms with Crippen molar-refractivity contribution in [2.45, 2.75) is 39.0 Å². The van der Waals surface area contributed by atoms with Gasteiger partial charge in [0.1, 0.15) is 11.5 Å². The maximum Gasteiger partial charge on any atom is 0.223 e. The fourth-order valence-corrected chi connectivity index (χ4v) is 3.81. The molecule has 6 nitrogen and oxygen atoms in total. The Balaban J connectivity index is 1.40. The summed E-state index contributed by atoms with van der Waals surface area (Å²) in [5.74, 6) is 1.65. The second-order valence-electron chi connectivity index (χ2n) is 8.07. The molecule has 1 fully saturated rings. The highest BCUT2D eigenvalue weighted by Gasteiger charge is 2.22. The fourth-order valence-electron chi connectivity index (χ4n) is 3.81. The van der Waals surface area contributed by atoms with Crippen LogP contribution in [-0.4, -0.2) is 56.5 Å². The van der Waals surface area contributed by atoms with Gasteiger partial charge >= 0.3 is 0 Å². The fraction of sp³-hybridized carbons (Fsp3) is 0.462. The Morgan fingerprint density at radius 1 is 0.844 bits per heavy atom. The number of carbonyl (C=O) groups is 2. The summed E-state index contributed by atoms with van der Waals surface area (Å²) in [4.78, 5) is 29.2. The van der Waals surface area contributed by atoms with Gasteiger partial charge in [-0.25, -0.2) is 0 Å². The summed E-state index contributed by atoms with van der Waals surface area (Å²) >= 11 is 0. The molecule has 0 saturated carbocycles. The van der Waals surface area contributed by atoms with Crippen molar-refractivity contribution in [2.24, 2.45) is 0 Å². The number of amides is 1. The molecule has 0 aliphatic carbocycles. The van der Waals surface area contributed by atoms with E-state index in [1.54, 1.807) is 19.2 Å². The number of unbranched alkanes of at least 4 members (excludes halogenated alkanes) is 2. The zero-order valence-corrected chi connectivity index (χ0v) is 19.2. The number of hydrogen-bond acceptors (Lipinski definition) is 5. The van der Waals surface area contributed by atoms with E-state index in [4.69, 9.17) is 9.47 Å². The minimum absolute atomic E-state index is 0.00671. The summed E-state index contributed by atoms with van der Waals surface area (Å²) in [5, 5.41) is 0. The number of piperazine rings is 1. The molecule has 32 heavy (non-hydrogen) atoms. The van der Waals surface area contributed by atoms with Gasteiger partial charge in [0.2, 0.25) is 5.91 Å². The van der Waals surface area contributed by atoms with Crippen molar-refractivity contribution in [1.82, 2.24) is 4.90 Å². The lowest BCUT2D eigenvalue weighted by atomic mass is 10.1. The Morgan fingerprint density at radius 2 is 1.50 bits per heavy atom.